The van der Waals surface area contributed by atoms with Gasteiger partial charge in [0, 0.05) is 0 Å². The number of carbonyl (C=O) groups is 1. The third-order valence-corrected chi connectivity index (χ3v) is 14.3. The summed E-state index contributed by atoms with van der Waals surface area (Å²) in [6.45, 7) is 3.18. The molecule has 10 rings (SSSR count). The van der Waals surface area contributed by atoms with Gasteiger partial charge in [-0.1, -0.05) is 164 Å². The first-order valence-corrected chi connectivity index (χ1v) is 24.4. The molecule has 66 heavy (non-hydrogen) atoms. The van der Waals surface area contributed by atoms with Crippen LogP contribution in [0.25, 0.3) is 0 Å². The molecule has 1 aliphatic heterocycles. The van der Waals surface area contributed by atoms with Crippen LogP contribution in [0.4, 0.5) is 4.79 Å². The Balaban J connectivity index is 1.02. The van der Waals surface area contributed by atoms with Crippen LogP contribution in [0.15, 0.2) is 164 Å². The molecule has 4 saturated carbocycles. The van der Waals surface area contributed by atoms with Crippen molar-refractivity contribution in [3.05, 3.63) is 192 Å². The van der Waals surface area contributed by atoms with Crippen molar-refractivity contribution < 1.29 is 33.2 Å². The number of amides is 1. The Morgan fingerprint density at radius 1 is 0.500 bits per heavy atom. The second-order valence-electron chi connectivity index (χ2n) is 19.3. The number of ether oxygens (including phenoxy) is 6. The lowest BCUT2D eigenvalue weighted by Gasteiger charge is -2.56. The molecule has 346 valence electrons. The fourth-order valence-electron chi connectivity index (χ4n) is 11.7. The lowest BCUT2D eigenvalue weighted by Crippen LogP contribution is -2.70. The second-order valence-corrected chi connectivity index (χ2v) is 19.3. The number of nitrogens with zero attached hydrogens (tertiary/aromatic N) is 1. The van der Waals surface area contributed by atoms with Gasteiger partial charge in [-0.25, -0.2) is 4.79 Å². The summed E-state index contributed by atoms with van der Waals surface area (Å²) < 4.78 is 40.6. The third-order valence-electron chi connectivity index (χ3n) is 14.3. The Kier molecular flexibility index (Phi) is 16.1. The average molecular weight is 890 g/mol. The van der Waals surface area contributed by atoms with E-state index >= 15 is 4.79 Å². The van der Waals surface area contributed by atoms with Crippen molar-refractivity contribution in [3.63, 3.8) is 0 Å². The summed E-state index contributed by atoms with van der Waals surface area (Å²) in [7, 11) is 0. The van der Waals surface area contributed by atoms with Crippen LogP contribution in [0.5, 0.6) is 0 Å². The van der Waals surface area contributed by atoms with Crippen molar-refractivity contribution in [1.29, 1.82) is 0 Å². The first-order valence-electron chi connectivity index (χ1n) is 24.4. The number of rotatable bonds is 22. The highest BCUT2D eigenvalue weighted by atomic mass is 16.6. The smallest absolute Gasteiger partial charge is 0.410 e. The van der Waals surface area contributed by atoms with Crippen molar-refractivity contribution in [2.24, 2.45) is 23.2 Å². The molecule has 4 bridgehead atoms. The number of hydrogen-bond acceptors (Lipinski definition) is 7. The van der Waals surface area contributed by atoms with Gasteiger partial charge in [-0.15, -0.1) is 0 Å². The molecule has 0 N–H and O–H groups in total. The molecule has 0 unspecified atom stereocenters. The monoisotopic (exact) mass is 889 g/mol. The summed E-state index contributed by atoms with van der Waals surface area (Å²) in [6, 6.07) is 49.4. The number of benzene rings is 5. The summed E-state index contributed by atoms with van der Waals surface area (Å²) in [5.74, 6) is 2.73. The molecule has 8 heteroatoms. The normalized spacial score (nSPS) is 26.8. The van der Waals surface area contributed by atoms with E-state index in [-0.39, 0.29) is 13.2 Å². The Labute approximate surface area is 392 Å². The molecule has 1 saturated heterocycles. The van der Waals surface area contributed by atoms with E-state index in [4.69, 9.17) is 28.4 Å². The molecular formula is C58H67NO7. The minimum absolute atomic E-state index is 0.121. The summed E-state index contributed by atoms with van der Waals surface area (Å²) in [5, 5.41) is 0. The van der Waals surface area contributed by atoms with Gasteiger partial charge < -0.3 is 28.4 Å². The second kappa shape index (κ2) is 23.1. The van der Waals surface area contributed by atoms with Crippen molar-refractivity contribution in [2.75, 3.05) is 19.8 Å². The van der Waals surface area contributed by atoms with E-state index in [0.717, 1.165) is 58.6 Å². The van der Waals surface area contributed by atoms with Gasteiger partial charge in [-0.3, -0.25) is 4.90 Å². The van der Waals surface area contributed by atoms with Gasteiger partial charge in [0.15, 0.2) is 0 Å². The van der Waals surface area contributed by atoms with E-state index < -0.39 is 36.5 Å². The lowest BCUT2D eigenvalue weighted by atomic mass is 9.50. The first-order chi connectivity index (χ1) is 32.6. The zero-order chi connectivity index (χ0) is 44.8. The molecule has 4 aliphatic carbocycles. The van der Waals surface area contributed by atoms with Crippen LogP contribution in [0, 0.1) is 23.2 Å². The van der Waals surface area contributed by atoms with Gasteiger partial charge in [0.05, 0.1) is 58.3 Å². The Hall–Kier alpha value is -5.09. The standard InChI is InChI=1S/C58H67NO7/c60-57(66-41-48-27-15-5-16-28-48)59-52(29-17-6-18-30-61-43-58-34-49-31-50(35-58)33-51(32-49)36-58)54(63-38-45-21-9-2-10-22-45)56(65-40-47-25-13-4-14-26-47)55(64-39-46-23-11-3-12-24-46)53(59)42-62-37-44-19-7-1-8-20-44/h1-17,19-28,49-56H,18,29-43H2/b17-6+/t49?,50?,51?,52-,53-,54+,55-,56-,58?/m1/s1. The molecule has 0 spiro atoms. The number of hydrogen-bond donors (Lipinski definition) is 0. The quantitative estimate of drug-likeness (QED) is 0.0506. The predicted octanol–water partition coefficient (Wildman–Crippen LogP) is 11.9. The number of piperidine rings is 1. The molecule has 5 fully saturated rings. The Morgan fingerprint density at radius 3 is 1.41 bits per heavy atom. The van der Waals surface area contributed by atoms with Crippen LogP contribution in [0.3, 0.4) is 0 Å². The zero-order valence-corrected chi connectivity index (χ0v) is 38.3. The van der Waals surface area contributed by atoms with Crippen molar-refractivity contribution >= 4 is 6.09 Å². The predicted molar refractivity (Wildman–Crippen MR) is 257 cm³/mol. The van der Waals surface area contributed by atoms with Crippen LogP contribution in [-0.4, -0.2) is 61.2 Å². The van der Waals surface area contributed by atoms with E-state index in [0.29, 0.717) is 44.9 Å². The Morgan fingerprint density at radius 2 is 0.924 bits per heavy atom. The molecule has 1 heterocycles. The minimum atomic E-state index is -0.659. The fraction of sp³-hybridized carbons (Fsp3) is 0.431. The van der Waals surface area contributed by atoms with Gasteiger partial charge in [-0.2, -0.15) is 0 Å². The molecule has 0 radical (unpaired) electrons. The Bertz CT molecular complexity index is 2190. The summed E-state index contributed by atoms with van der Waals surface area (Å²) in [5.41, 5.74) is 5.40. The molecule has 5 aromatic carbocycles. The highest BCUT2D eigenvalue weighted by molar-refractivity contribution is 5.69. The van der Waals surface area contributed by atoms with Crippen LogP contribution < -0.4 is 0 Å². The van der Waals surface area contributed by atoms with Gasteiger partial charge >= 0.3 is 6.09 Å². The summed E-state index contributed by atoms with van der Waals surface area (Å²) in [6.07, 6.45) is 11.7. The van der Waals surface area contributed by atoms with Crippen molar-refractivity contribution in [1.82, 2.24) is 4.90 Å². The van der Waals surface area contributed by atoms with E-state index in [1.807, 2.05) is 108 Å². The van der Waals surface area contributed by atoms with Crippen LogP contribution in [0.1, 0.15) is 79.2 Å². The van der Waals surface area contributed by atoms with Gasteiger partial charge in [-0.05, 0) is 102 Å². The molecule has 0 aromatic heterocycles. The summed E-state index contributed by atoms with van der Waals surface area (Å²) >= 11 is 0. The molecular weight excluding hydrogens is 823 g/mol. The number of likely N-dealkylation sites (tertiary alicyclic amines) is 1. The molecule has 5 aromatic rings. The van der Waals surface area contributed by atoms with Gasteiger partial charge in [0.2, 0.25) is 0 Å². The summed E-state index contributed by atoms with van der Waals surface area (Å²) in [4.78, 5) is 16.9. The number of carbonyl (C=O) groups excluding carboxylic acids is 1. The zero-order valence-electron chi connectivity index (χ0n) is 38.3. The van der Waals surface area contributed by atoms with Gasteiger partial charge in [0.25, 0.3) is 0 Å². The molecule has 8 nitrogen and oxygen atoms in total. The molecule has 1 amide bonds. The molecule has 5 atom stereocenters. The lowest BCUT2D eigenvalue weighted by molar-refractivity contribution is -0.222. The molecule has 5 aliphatic rings. The van der Waals surface area contributed by atoms with E-state index in [1.165, 1.54) is 38.5 Å². The minimum Gasteiger partial charge on any atom is -0.445 e. The first kappa shape index (κ1) is 46.0. The third kappa shape index (κ3) is 12.3. The maximum atomic E-state index is 15.0. The fourth-order valence-corrected chi connectivity index (χ4v) is 11.7. The SMILES string of the molecule is O=C(OCc1ccccc1)N1[C@H](C/C=C/CCOCC23CC4CC(CC(C4)C2)C3)[C@H](OCc2ccccc2)[C@@H](OCc2ccccc2)[C@H](OCc2ccccc2)[C@H]1COCc1ccccc1. The maximum Gasteiger partial charge on any atom is 0.410 e. The largest absolute Gasteiger partial charge is 0.445 e. The maximum absolute atomic E-state index is 15.0. The van der Waals surface area contributed by atoms with E-state index in [1.54, 1.807) is 0 Å². The van der Waals surface area contributed by atoms with Crippen LogP contribution in [0.2, 0.25) is 0 Å². The van der Waals surface area contributed by atoms with Crippen molar-refractivity contribution in [2.45, 2.75) is 115 Å². The van der Waals surface area contributed by atoms with Crippen molar-refractivity contribution in [3.8, 4) is 0 Å². The van der Waals surface area contributed by atoms with Crippen LogP contribution in [-0.2, 0) is 61.5 Å². The topological polar surface area (TPSA) is 75.7 Å². The average Bonchev–Trinajstić information content (AvgIpc) is 3.35. The van der Waals surface area contributed by atoms with E-state index in [9.17, 15) is 0 Å². The highest BCUT2D eigenvalue weighted by Crippen LogP contribution is 2.60. The van der Waals surface area contributed by atoms with E-state index in [2.05, 4.69) is 60.7 Å². The van der Waals surface area contributed by atoms with Crippen LogP contribution >= 0.6 is 0 Å². The highest BCUT2D eigenvalue weighted by Gasteiger charge is 2.54. The van der Waals surface area contributed by atoms with Gasteiger partial charge in [0.1, 0.15) is 24.9 Å².